The average Bonchev–Trinajstić information content (AvgIpc) is 3.48. The zero-order valence-corrected chi connectivity index (χ0v) is 33.2. The van der Waals surface area contributed by atoms with E-state index in [4.69, 9.17) is 0 Å². The quantitative estimate of drug-likeness (QED) is 0.245. The maximum absolute atomic E-state index is 16.9. The lowest BCUT2D eigenvalue weighted by Gasteiger charge is -2.62. The van der Waals surface area contributed by atoms with Crippen molar-refractivity contribution in [2.75, 3.05) is 13.2 Å². The predicted molar refractivity (Wildman–Crippen MR) is 200 cm³/mol. The van der Waals surface area contributed by atoms with E-state index < -0.39 is 105 Å². The topological polar surface area (TPSA) is 190 Å². The SMILES string of the molecule is C[C@H]1C[C@H]2[C@@H]3CCC4=CC(=O)C=C[C@]4(C)[C@@]3(F)[C@@H](O)C[C@]2(C)[C@@]1(O)C(=O)CO.C[C@H]1C[C@H]2[C@@H]3CCC4=CC(=O)C=C[C@]4(C)[C@@]3(F)[C@@H](O)C[C@]2(C)[C@@]1(O)C(=O)CO. The van der Waals surface area contributed by atoms with Gasteiger partial charge in [-0.15, -0.1) is 0 Å². The number of allylic oxidation sites excluding steroid dienone is 8. The van der Waals surface area contributed by atoms with Crippen LogP contribution in [0.3, 0.4) is 0 Å². The molecule has 0 bridgehead atoms. The minimum absolute atomic E-state index is 0.0676. The molecule has 6 N–H and O–H groups in total. The van der Waals surface area contributed by atoms with Crippen molar-refractivity contribution in [1.82, 2.24) is 0 Å². The van der Waals surface area contributed by atoms with E-state index in [9.17, 15) is 49.8 Å². The fraction of sp³-hybridized carbons (Fsp3) is 0.727. The lowest BCUT2D eigenvalue weighted by Crippen LogP contribution is -2.69. The van der Waals surface area contributed by atoms with Gasteiger partial charge in [-0.25, -0.2) is 8.78 Å². The van der Waals surface area contributed by atoms with Gasteiger partial charge in [-0.1, -0.05) is 51.0 Å². The first kappa shape index (κ1) is 41.4. The summed E-state index contributed by atoms with van der Waals surface area (Å²) in [6, 6.07) is 0. The van der Waals surface area contributed by atoms with Crippen LogP contribution in [-0.2, 0) is 19.2 Å². The maximum atomic E-state index is 16.9. The number of aliphatic hydroxyl groups is 6. The summed E-state index contributed by atoms with van der Waals surface area (Å²) in [4.78, 5) is 48.8. The molecule has 0 aromatic heterocycles. The second-order valence-electron chi connectivity index (χ2n) is 19.5. The molecule has 0 unspecified atom stereocenters. The molecule has 56 heavy (non-hydrogen) atoms. The van der Waals surface area contributed by atoms with E-state index in [0.717, 1.165) is 0 Å². The molecule has 308 valence electrons. The number of hydrogen-bond donors (Lipinski definition) is 6. The molecule has 0 aromatic rings. The summed E-state index contributed by atoms with van der Waals surface area (Å²) in [5.41, 5.74) is -10.3. The molecular formula is C44H58F2O10. The molecule has 0 amide bonds. The van der Waals surface area contributed by atoms with Gasteiger partial charge in [0.1, 0.15) is 24.4 Å². The largest absolute Gasteiger partial charge is 0.390 e. The fourth-order valence-electron chi connectivity index (χ4n) is 14.5. The van der Waals surface area contributed by atoms with Gasteiger partial charge in [0.05, 0.1) is 12.2 Å². The molecule has 6 fully saturated rings. The van der Waals surface area contributed by atoms with E-state index >= 15 is 8.78 Å². The lowest BCUT2D eigenvalue weighted by atomic mass is 9.44. The Morgan fingerprint density at radius 3 is 1.32 bits per heavy atom. The van der Waals surface area contributed by atoms with Gasteiger partial charge < -0.3 is 30.6 Å². The molecule has 16 atom stereocenters. The smallest absolute Gasteiger partial charge is 0.190 e. The van der Waals surface area contributed by atoms with Crippen molar-refractivity contribution in [3.63, 3.8) is 0 Å². The van der Waals surface area contributed by atoms with Crippen molar-refractivity contribution in [2.45, 2.75) is 128 Å². The van der Waals surface area contributed by atoms with Crippen molar-refractivity contribution in [1.29, 1.82) is 0 Å². The Hall–Kier alpha value is -2.74. The number of fused-ring (bicyclic) bond motifs is 10. The number of alkyl halides is 2. The highest BCUT2D eigenvalue weighted by atomic mass is 19.1. The van der Waals surface area contributed by atoms with Crippen molar-refractivity contribution in [3.05, 3.63) is 47.6 Å². The maximum Gasteiger partial charge on any atom is 0.190 e. The van der Waals surface area contributed by atoms with Gasteiger partial charge in [0.25, 0.3) is 0 Å². The third-order valence-electron chi connectivity index (χ3n) is 17.6. The average molecular weight is 785 g/mol. The zero-order chi connectivity index (χ0) is 41.4. The van der Waals surface area contributed by atoms with Gasteiger partial charge in [-0.3, -0.25) is 19.2 Å². The Balaban J connectivity index is 0.000000172. The van der Waals surface area contributed by atoms with Gasteiger partial charge in [-0.2, -0.15) is 0 Å². The molecule has 0 saturated heterocycles. The van der Waals surface area contributed by atoms with E-state index in [1.807, 2.05) is 0 Å². The van der Waals surface area contributed by atoms with Crippen LogP contribution in [0, 0.1) is 57.2 Å². The highest BCUT2D eigenvalue weighted by molar-refractivity contribution is 6.02. The molecule has 0 heterocycles. The van der Waals surface area contributed by atoms with Gasteiger partial charge in [0.2, 0.25) is 0 Å². The minimum Gasteiger partial charge on any atom is -0.390 e. The third-order valence-corrected chi connectivity index (χ3v) is 17.6. The molecule has 0 spiro atoms. The van der Waals surface area contributed by atoms with E-state index in [1.165, 1.54) is 24.3 Å². The standard InChI is InChI=1S/2C22H29FO5/c2*1-12-8-16-15-5-4-13-9-14(25)6-7-19(13,2)21(15,23)17(26)10-20(16,3)22(12,28)18(27)11-24/h2*6-7,9,12,15-17,24,26,28H,4-5,8,10-11H2,1-3H3/t2*12-,15-,16-,17-,19-,20-,21-,22-/m00/s1. The van der Waals surface area contributed by atoms with Crippen LogP contribution < -0.4 is 0 Å². The number of carbonyl (C=O) groups excluding carboxylic acids is 4. The monoisotopic (exact) mass is 784 g/mol. The minimum atomic E-state index is -1.98. The highest BCUT2D eigenvalue weighted by Crippen LogP contribution is 2.72. The van der Waals surface area contributed by atoms with Gasteiger partial charge in [-0.05, 0) is 113 Å². The summed E-state index contributed by atoms with van der Waals surface area (Å²) in [6.07, 6.45) is 8.88. The normalized spacial score (nSPS) is 52.5. The van der Waals surface area contributed by atoms with Crippen molar-refractivity contribution < 1.29 is 58.6 Å². The number of rotatable bonds is 4. The summed E-state index contributed by atoms with van der Waals surface area (Å²) in [7, 11) is 0. The Morgan fingerprint density at radius 2 is 1.00 bits per heavy atom. The van der Waals surface area contributed by atoms with Crippen LogP contribution in [0.2, 0.25) is 0 Å². The summed E-state index contributed by atoms with van der Waals surface area (Å²) >= 11 is 0. The summed E-state index contributed by atoms with van der Waals surface area (Å²) in [5.74, 6) is -4.24. The molecule has 0 aromatic carbocycles. The number of ketones is 4. The van der Waals surface area contributed by atoms with Gasteiger partial charge >= 0.3 is 0 Å². The number of hydrogen-bond acceptors (Lipinski definition) is 10. The summed E-state index contributed by atoms with van der Waals surface area (Å²) < 4.78 is 33.7. The number of Topliss-reactive ketones (excluding diaryl/α,β-unsaturated/α-hetero) is 2. The van der Waals surface area contributed by atoms with Crippen LogP contribution in [0.25, 0.3) is 0 Å². The number of halogens is 2. The first-order valence-electron chi connectivity index (χ1n) is 20.3. The van der Waals surface area contributed by atoms with Gasteiger partial charge in [0.15, 0.2) is 34.5 Å². The molecule has 8 aliphatic rings. The first-order chi connectivity index (χ1) is 25.9. The zero-order valence-electron chi connectivity index (χ0n) is 33.2. The molecule has 8 rings (SSSR count). The molecule has 0 radical (unpaired) electrons. The van der Waals surface area contributed by atoms with Crippen molar-refractivity contribution >= 4 is 23.1 Å². The van der Waals surface area contributed by atoms with Crippen LogP contribution in [0.5, 0.6) is 0 Å². The number of carbonyl (C=O) groups is 4. The van der Waals surface area contributed by atoms with Gasteiger partial charge in [0, 0.05) is 33.5 Å². The van der Waals surface area contributed by atoms with Crippen LogP contribution >= 0.6 is 0 Å². The summed E-state index contributed by atoms with van der Waals surface area (Å²) in [6.45, 7) is 8.96. The van der Waals surface area contributed by atoms with E-state index in [1.54, 1.807) is 53.7 Å². The second-order valence-corrected chi connectivity index (χ2v) is 19.5. The Morgan fingerprint density at radius 1 is 0.661 bits per heavy atom. The molecule has 12 heteroatoms. The highest BCUT2D eigenvalue weighted by Gasteiger charge is 2.77. The predicted octanol–water partition coefficient (Wildman–Crippen LogP) is 3.79. The van der Waals surface area contributed by atoms with Crippen LogP contribution in [0.1, 0.15) is 92.9 Å². The van der Waals surface area contributed by atoms with E-state index in [-0.39, 0.29) is 36.2 Å². The third kappa shape index (κ3) is 4.74. The van der Waals surface area contributed by atoms with Crippen LogP contribution in [0.15, 0.2) is 47.6 Å². The first-order valence-corrected chi connectivity index (χ1v) is 20.3. The van der Waals surface area contributed by atoms with Crippen LogP contribution in [0.4, 0.5) is 8.78 Å². The molecule has 10 nitrogen and oxygen atoms in total. The second kappa shape index (κ2) is 12.9. The molecule has 8 aliphatic carbocycles. The Bertz CT molecular complexity index is 1740. The van der Waals surface area contributed by atoms with Crippen molar-refractivity contribution in [2.24, 2.45) is 57.2 Å². The molecule has 0 aliphatic heterocycles. The van der Waals surface area contributed by atoms with E-state index in [0.29, 0.717) is 49.7 Å². The van der Waals surface area contributed by atoms with Crippen LogP contribution in [-0.4, -0.2) is 102 Å². The Kier molecular flexibility index (Phi) is 9.53. The number of aliphatic hydroxyl groups excluding tert-OH is 4. The van der Waals surface area contributed by atoms with E-state index in [2.05, 4.69) is 0 Å². The molecular weight excluding hydrogens is 726 g/mol. The summed E-state index contributed by atoms with van der Waals surface area (Å²) in [5, 5.41) is 63.9. The fourth-order valence-corrected chi connectivity index (χ4v) is 14.5. The lowest BCUT2D eigenvalue weighted by molar-refractivity contribution is -0.219. The van der Waals surface area contributed by atoms with Crippen molar-refractivity contribution in [3.8, 4) is 0 Å². The Labute approximate surface area is 326 Å². The molecule has 6 saturated carbocycles.